The van der Waals surface area contributed by atoms with E-state index < -0.39 is 23.7 Å². The Hall–Kier alpha value is -3.43. The normalized spacial score (nSPS) is 21.9. The lowest BCUT2D eigenvalue weighted by Crippen LogP contribution is -2.75. The van der Waals surface area contributed by atoms with E-state index in [-0.39, 0.29) is 23.3 Å². The molecule has 2 saturated heterocycles. The highest BCUT2D eigenvalue weighted by Crippen LogP contribution is 2.37. The van der Waals surface area contributed by atoms with E-state index in [0.717, 1.165) is 50.6 Å². The number of piperazine rings is 1. The largest absolute Gasteiger partial charge is 0.478 e. The highest BCUT2D eigenvalue weighted by molar-refractivity contribution is 6.00. The van der Waals surface area contributed by atoms with Crippen LogP contribution in [-0.2, 0) is 16.1 Å². The second-order valence-corrected chi connectivity index (χ2v) is 12.2. The molecule has 1 saturated carbocycles. The number of aromatic carboxylic acids is 1. The van der Waals surface area contributed by atoms with Crippen LogP contribution in [0.15, 0.2) is 42.5 Å². The molecule has 1 spiro atoms. The molecule has 9 nitrogen and oxygen atoms in total. The van der Waals surface area contributed by atoms with Crippen LogP contribution in [0.2, 0.25) is 0 Å². The summed E-state index contributed by atoms with van der Waals surface area (Å²) in [5.74, 6) is 0.113. The van der Waals surface area contributed by atoms with Crippen LogP contribution in [0, 0.1) is 12.8 Å². The maximum atomic E-state index is 13.7. The highest BCUT2D eigenvalue weighted by Gasteiger charge is 2.55. The predicted octanol–water partition coefficient (Wildman–Crippen LogP) is 4.50. The van der Waals surface area contributed by atoms with Gasteiger partial charge >= 0.3 is 5.97 Å². The number of rotatable bonds is 10. The molecule has 2 aromatic carbocycles. The minimum atomic E-state index is -0.960. The molecule has 0 aromatic heterocycles. The molecule has 9 heteroatoms. The number of piperidine rings is 1. The van der Waals surface area contributed by atoms with E-state index in [2.05, 4.69) is 17.1 Å². The number of benzene rings is 2. The van der Waals surface area contributed by atoms with Crippen LogP contribution in [0.3, 0.4) is 0 Å². The Morgan fingerprint density at radius 2 is 1.74 bits per heavy atom. The summed E-state index contributed by atoms with van der Waals surface area (Å²) < 4.78 is 5.93. The Bertz CT molecular complexity index is 1280. The van der Waals surface area contributed by atoms with Crippen molar-refractivity contribution in [2.75, 3.05) is 19.6 Å². The van der Waals surface area contributed by atoms with Crippen molar-refractivity contribution < 1.29 is 29.3 Å². The molecule has 2 heterocycles. The van der Waals surface area contributed by atoms with Gasteiger partial charge in [-0.25, -0.2) is 4.79 Å². The number of aliphatic hydroxyl groups is 1. The maximum Gasteiger partial charge on any atom is 0.335 e. The summed E-state index contributed by atoms with van der Waals surface area (Å²) in [4.78, 5) is 42.8. The Morgan fingerprint density at radius 3 is 2.36 bits per heavy atom. The van der Waals surface area contributed by atoms with Crippen LogP contribution in [0.5, 0.6) is 11.5 Å². The SMILES string of the molecule is CCCCN1C(=O)[C@@H]([C@H](O)C2CCCC2)NC(=O)C12CCN(Cc1ccc(Oc3ccc(C(=O)O)c(C)c3)cc1)CC2. The first-order valence-corrected chi connectivity index (χ1v) is 15.4. The first-order valence-electron chi connectivity index (χ1n) is 15.4. The van der Waals surface area contributed by atoms with Gasteiger partial charge in [-0.15, -0.1) is 0 Å². The van der Waals surface area contributed by atoms with Crippen molar-refractivity contribution in [3.63, 3.8) is 0 Å². The lowest BCUT2D eigenvalue weighted by Gasteiger charge is -2.52. The van der Waals surface area contributed by atoms with Crippen molar-refractivity contribution in [1.82, 2.24) is 15.1 Å². The van der Waals surface area contributed by atoms with Crippen LogP contribution in [0.1, 0.15) is 79.8 Å². The number of ether oxygens (including phenoxy) is 1. The van der Waals surface area contributed by atoms with E-state index in [9.17, 15) is 24.6 Å². The third-order valence-electron chi connectivity index (χ3n) is 9.39. The number of carboxylic acid groups (broad SMARTS) is 1. The molecule has 0 bridgehead atoms. The van der Waals surface area contributed by atoms with Crippen molar-refractivity contribution in [1.29, 1.82) is 0 Å². The number of aryl methyl sites for hydroxylation is 1. The Balaban J connectivity index is 1.21. The third-order valence-corrected chi connectivity index (χ3v) is 9.39. The molecule has 0 unspecified atom stereocenters. The van der Waals surface area contributed by atoms with Gasteiger partial charge in [0.1, 0.15) is 23.1 Å². The molecule has 3 N–H and O–H groups in total. The van der Waals surface area contributed by atoms with Gasteiger partial charge in [-0.05, 0) is 86.4 Å². The first-order chi connectivity index (χ1) is 20.2. The number of aliphatic hydroxyl groups excluding tert-OH is 1. The van der Waals surface area contributed by atoms with E-state index >= 15 is 0 Å². The van der Waals surface area contributed by atoms with Crippen molar-refractivity contribution in [2.45, 2.75) is 89.4 Å². The number of unbranched alkanes of at least 4 members (excludes halogenated alkanes) is 1. The van der Waals surface area contributed by atoms with Gasteiger partial charge in [0.05, 0.1) is 11.7 Å². The van der Waals surface area contributed by atoms with Crippen molar-refractivity contribution in [2.24, 2.45) is 5.92 Å². The summed E-state index contributed by atoms with van der Waals surface area (Å²) in [5, 5.41) is 23.2. The number of carbonyl (C=O) groups excluding carboxylic acids is 2. The summed E-state index contributed by atoms with van der Waals surface area (Å²) in [6, 6.07) is 11.9. The second-order valence-electron chi connectivity index (χ2n) is 12.2. The maximum absolute atomic E-state index is 13.7. The van der Waals surface area contributed by atoms with Gasteiger partial charge in [0.15, 0.2) is 0 Å². The van der Waals surface area contributed by atoms with Crippen LogP contribution in [-0.4, -0.2) is 75.1 Å². The van der Waals surface area contributed by atoms with E-state index in [1.54, 1.807) is 25.1 Å². The summed E-state index contributed by atoms with van der Waals surface area (Å²) in [5.41, 5.74) is 1.15. The fourth-order valence-electron chi connectivity index (χ4n) is 6.86. The van der Waals surface area contributed by atoms with E-state index in [1.807, 2.05) is 29.2 Å². The van der Waals surface area contributed by atoms with Crippen LogP contribution in [0.25, 0.3) is 0 Å². The zero-order valence-electron chi connectivity index (χ0n) is 24.7. The minimum absolute atomic E-state index is 0.0709. The zero-order chi connectivity index (χ0) is 29.9. The predicted molar refractivity (Wildman–Crippen MR) is 158 cm³/mol. The standard InChI is InChI=1S/C33H43N3O6/c1-3-4-17-36-30(38)28(29(37)24-7-5-6-8-24)34-32(41)33(36)15-18-35(19-16-33)21-23-9-11-25(12-10-23)42-26-13-14-27(31(39)40)22(2)20-26/h9-14,20,24,28-29,37H,3-8,15-19,21H2,1-2H3,(H,34,41)(H,39,40)/t28-,29-/m1/s1. The third kappa shape index (κ3) is 6.17. The topological polar surface area (TPSA) is 119 Å². The summed E-state index contributed by atoms with van der Waals surface area (Å²) in [6.07, 6.45) is 5.99. The lowest BCUT2D eigenvalue weighted by atomic mass is 9.80. The number of hydrogen-bond donors (Lipinski definition) is 3. The smallest absolute Gasteiger partial charge is 0.335 e. The van der Waals surface area contributed by atoms with Gasteiger partial charge in [-0.3, -0.25) is 14.5 Å². The molecule has 2 atom stereocenters. The Labute approximate surface area is 247 Å². The van der Waals surface area contributed by atoms with Crippen LogP contribution < -0.4 is 10.1 Å². The molecule has 42 heavy (non-hydrogen) atoms. The molecule has 226 valence electrons. The molecular formula is C33H43N3O6. The number of carbonyl (C=O) groups is 3. The average Bonchev–Trinajstić information content (AvgIpc) is 3.52. The minimum Gasteiger partial charge on any atom is -0.478 e. The summed E-state index contributed by atoms with van der Waals surface area (Å²) in [7, 11) is 0. The number of nitrogens with zero attached hydrogens (tertiary/aromatic N) is 2. The zero-order valence-corrected chi connectivity index (χ0v) is 24.7. The van der Waals surface area contributed by atoms with Crippen molar-refractivity contribution in [3.05, 3.63) is 59.2 Å². The van der Waals surface area contributed by atoms with Crippen LogP contribution in [0.4, 0.5) is 0 Å². The number of carboxylic acids is 1. The molecule has 5 rings (SSSR count). The van der Waals surface area contributed by atoms with Gasteiger partial charge in [0.25, 0.3) is 0 Å². The van der Waals surface area contributed by atoms with Gasteiger partial charge in [-0.1, -0.05) is 38.3 Å². The molecular weight excluding hydrogens is 534 g/mol. The summed E-state index contributed by atoms with van der Waals surface area (Å²) in [6.45, 7) is 6.46. The molecule has 0 radical (unpaired) electrons. The monoisotopic (exact) mass is 577 g/mol. The molecule has 1 aliphatic carbocycles. The van der Waals surface area contributed by atoms with E-state index in [0.29, 0.717) is 49.5 Å². The fourth-order valence-corrected chi connectivity index (χ4v) is 6.86. The Kier molecular flexibility index (Phi) is 9.18. The molecule has 2 amide bonds. The van der Waals surface area contributed by atoms with Crippen molar-refractivity contribution >= 4 is 17.8 Å². The number of hydrogen-bond acceptors (Lipinski definition) is 6. The second kappa shape index (κ2) is 12.8. The molecule has 3 fully saturated rings. The fraction of sp³-hybridized carbons (Fsp3) is 0.545. The van der Waals surface area contributed by atoms with Gasteiger partial charge in [-0.2, -0.15) is 0 Å². The molecule has 3 aliphatic rings. The molecule has 2 aliphatic heterocycles. The first kappa shape index (κ1) is 30.0. The highest BCUT2D eigenvalue weighted by atomic mass is 16.5. The number of nitrogens with one attached hydrogen (secondary N) is 1. The van der Waals surface area contributed by atoms with Gasteiger partial charge in [0.2, 0.25) is 11.8 Å². The van der Waals surface area contributed by atoms with Gasteiger partial charge < -0.3 is 25.2 Å². The van der Waals surface area contributed by atoms with Crippen molar-refractivity contribution in [3.8, 4) is 11.5 Å². The average molecular weight is 578 g/mol. The van der Waals surface area contributed by atoms with E-state index in [1.165, 1.54) is 0 Å². The molecule has 2 aromatic rings. The quantitative estimate of drug-likeness (QED) is 0.381. The van der Waals surface area contributed by atoms with Crippen LogP contribution >= 0.6 is 0 Å². The Morgan fingerprint density at radius 1 is 1.07 bits per heavy atom. The van der Waals surface area contributed by atoms with Gasteiger partial charge in [0, 0.05) is 26.2 Å². The summed E-state index contributed by atoms with van der Waals surface area (Å²) >= 11 is 0. The van der Waals surface area contributed by atoms with E-state index in [4.69, 9.17) is 4.74 Å². The number of likely N-dealkylation sites (tertiary alicyclic amines) is 1. The lowest BCUT2D eigenvalue weighted by molar-refractivity contribution is -0.165. The number of amides is 2.